The largest absolute Gasteiger partial charge is 0.507 e. The third-order valence-corrected chi connectivity index (χ3v) is 6.98. The second-order valence-electron chi connectivity index (χ2n) is 8.87. The molecule has 0 amide bonds. The molecule has 2 aliphatic carbocycles. The van der Waals surface area contributed by atoms with Crippen LogP contribution in [0.15, 0.2) is 29.3 Å². The Bertz CT molecular complexity index is 656. The van der Waals surface area contributed by atoms with Gasteiger partial charge in [0.05, 0.1) is 6.61 Å². The molecule has 2 heteroatoms. The van der Waals surface area contributed by atoms with E-state index in [0.717, 1.165) is 17.9 Å². The first-order valence-corrected chi connectivity index (χ1v) is 9.39. The smallest absolute Gasteiger partial charge is 0.124 e. The summed E-state index contributed by atoms with van der Waals surface area (Å²) in [4.78, 5) is 0. The quantitative estimate of drug-likeness (QED) is 0.732. The van der Waals surface area contributed by atoms with Crippen LogP contribution in [0.2, 0.25) is 0 Å². The van der Waals surface area contributed by atoms with Crippen molar-refractivity contribution < 1.29 is 10.2 Å². The summed E-state index contributed by atoms with van der Waals surface area (Å²) >= 11 is 0. The van der Waals surface area contributed by atoms with Crippen molar-refractivity contribution in [1.29, 1.82) is 0 Å². The van der Waals surface area contributed by atoms with Gasteiger partial charge in [-0.15, -0.1) is 0 Å². The van der Waals surface area contributed by atoms with Crippen molar-refractivity contribution in [3.8, 4) is 5.75 Å². The summed E-state index contributed by atoms with van der Waals surface area (Å²) in [6.07, 6.45) is 7.16. The second-order valence-corrected chi connectivity index (χ2v) is 8.87. The topological polar surface area (TPSA) is 40.5 Å². The average Bonchev–Trinajstić information content (AvgIpc) is 2.51. The Kier molecular flexibility index (Phi) is 4.55. The van der Waals surface area contributed by atoms with Gasteiger partial charge in [0.2, 0.25) is 0 Å². The first-order valence-electron chi connectivity index (χ1n) is 9.39. The first kappa shape index (κ1) is 17.5. The summed E-state index contributed by atoms with van der Waals surface area (Å²) in [7, 11) is 0. The van der Waals surface area contributed by atoms with Crippen molar-refractivity contribution in [2.24, 2.45) is 16.7 Å². The van der Waals surface area contributed by atoms with E-state index in [1.54, 1.807) is 6.07 Å². The number of aromatic hydroxyl groups is 1. The molecule has 3 rings (SSSR count). The zero-order valence-corrected chi connectivity index (χ0v) is 15.7. The maximum atomic E-state index is 10.5. The van der Waals surface area contributed by atoms with Gasteiger partial charge in [0.15, 0.2) is 0 Å². The van der Waals surface area contributed by atoms with Crippen LogP contribution >= 0.6 is 0 Å². The summed E-state index contributed by atoms with van der Waals surface area (Å²) in [6, 6.07) is 5.76. The number of aliphatic hydroxyl groups excluding tert-OH is 1. The molecule has 0 aromatic heterocycles. The molecule has 1 aromatic rings. The van der Waals surface area contributed by atoms with Crippen LogP contribution in [0.4, 0.5) is 0 Å². The number of phenols is 1. The molecule has 2 atom stereocenters. The molecule has 1 fully saturated rings. The molecule has 2 N–H and O–H groups in total. The standard InChI is InChI=1S/C22H32O2/c1-15-9-10-19-21(2,3)11-6-12-22(19,4)18(15)13-16-7-5-8-17(14-23)20(16)24/h5,7-8,19,23-24H,6,9-14H2,1-4H3/t19?,22-/m1/s1. The van der Waals surface area contributed by atoms with Crippen LogP contribution in [-0.4, -0.2) is 10.2 Å². The predicted molar refractivity (Wildman–Crippen MR) is 98.9 cm³/mol. The van der Waals surface area contributed by atoms with Crippen LogP contribution in [0.1, 0.15) is 70.9 Å². The van der Waals surface area contributed by atoms with E-state index in [1.807, 2.05) is 12.1 Å². The third kappa shape index (κ3) is 2.79. The maximum Gasteiger partial charge on any atom is 0.124 e. The molecule has 2 aliphatic rings. The number of benzene rings is 1. The number of hydrogen-bond donors (Lipinski definition) is 2. The number of fused-ring (bicyclic) bond motifs is 1. The van der Waals surface area contributed by atoms with Gasteiger partial charge in [0.25, 0.3) is 0 Å². The predicted octanol–water partition coefficient (Wildman–Crippen LogP) is 5.37. The van der Waals surface area contributed by atoms with Crippen molar-refractivity contribution in [3.05, 3.63) is 40.5 Å². The minimum absolute atomic E-state index is 0.107. The van der Waals surface area contributed by atoms with Crippen molar-refractivity contribution in [1.82, 2.24) is 0 Å². The third-order valence-electron chi connectivity index (χ3n) is 6.98. The highest BCUT2D eigenvalue weighted by atomic mass is 16.3. The van der Waals surface area contributed by atoms with Gasteiger partial charge >= 0.3 is 0 Å². The van der Waals surface area contributed by atoms with Crippen LogP contribution in [0, 0.1) is 16.7 Å². The Labute approximate surface area is 146 Å². The van der Waals surface area contributed by atoms with Crippen molar-refractivity contribution in [3.63, 3.8) is 0 Å². The molecule has 1 unspecified atom stereocenters. The summed E-state index contributed by atoms with van der Waals surface area (Å²) in [5.41, 5.74) is 5.28. The first-order chi connectivity index (χ1) is 11.3. The van der Waals surface area contributed by atoms with Crippen LogP contribution in [-0.2, 0) is 13.0 Å². The SMILES string of the molecule is CC1=C(Cc2cccc(CO)c2O)[C@@]2(C)CCCC(C)(C)C2CC1. The lowest BCUT2D eigenvalue weighted by Crippen LogP contribution is -2.45. The van der Waals surface area contributed by atoms with Crippen LogP contribution in [0.5, 0.6) is 5.75 Å². The Hall–Kier alpha value is -1.28. The minimum atomic E-state index is -0.107. The monoisotopic (exact) mass is 328 g/mol. The molecule has 0 heterocycles. The minimum Gasteiger partial charge on any atom is -0.507 e. The fourth-order valence-corrected chi connectivity index (χ4v) is 5.65. The van der Waals surface area contributed by atoms with E-state index in [0.29, 0.717) is 11.0 Å². The number of allylic oxidation sites excluding steroid dienone is 2. The van der Waals surface area contributed by atoms with E-state index >= 15 is 0 Å². The molecule has 132 valence electrons. The highest BCUT2D eigenvalue weighted by Gasteiger charge is 2.49. The summed E-state index contributed by atoms with van der Waals surface area (Å²) in [5, 5.41) is 19.9. The lowest BCUT2D eigenvalue weighted by atomic mass is 9.50. The van der Waals surface area contributed by atoms with E-state index in [2.05, 4.69) is 27.7 Å². The maximum absolute atomic E-state index is 10.5. The lowest BCUT2D eigenvalue weighted by Gasteiger charge is -2.55. The Morgan fingerprint density at radius 1 is 1.12 bits per heavy atom. The zero-order chi connectivity index (χ0) is 17.5. The van der Waals surface area contributed by atoms with Gasteiger partial charge in [-0.25, -0.2) is 0 Å². The molecular weight excluding hydrogens is 296 g/mol. The summed E-state index contributed by atoms with van der Waals surface area (Å²) < 4.78 is 0. The molecular formula is C22H32O2. The van der Waals surface area contributed by atoms with E-state index < -0.39 is 0 Å². The number of para-hydroxylation sites is 1. The van der Waals surface area contributed by atoms with Crippen molar-refractivity contribution >= 4 is 0 Å². The van der Waals surface area contributed by atoms with Gasteiger partial charge in [-0.2, -0.15) is 0 Å². The Morgan fingerprint density at radius 2 is 1.83 bits per heavy atom. The van der Waals surface area contributed by atoms with Gasteiger partial charge in [-0.3, -0.25) is 0 Å². The van der Waals surface area contributed by atoms with Crippen LogP contribution < -0.4 is 0 Å². The normalized spacial score (nSPS) is 29.5. The average molecular weight is 328 g/mol. The van der Waals surface area contributed by atoms with Crippen LogP contribution in [0.25, 0.3) is 0 Å². The van der Waals surface area contributed by atoms with Gasteiger partial charge in [0.1, 0.15) is 5.75 Å². The molecule has 24 heavy (non-hydrogen) atoms. The second kappa shape index (κ2) is 6.22. The molecule has 0 radical (unpaired) electrons. The molecule has 0 spiro atoms. The number of aliphatic hydroxyl groups is 1. The van der Waals surface area contributed by atoms with Crippen LogP contribution in [0.3, 0.4) is 0 Å². The number of rotatable bonds is 3. The Morgan fingerprint density at radius 3 is 2.54 bits per heavy atom. The van der Waals surface area contributed by atoms with Gasteiger partial charge in [0, 0.05) is 5.56 Å². The molecule has 1 aromatic carbocycles. The van der Waals surface area contributed by atoms with Gasteiger partial charge in [-0.1, -0.05) is 56.5 Å². The zero-order valence-electron chi connectivity index (χ0n) is 15.7. The molecule has 0 bridgehead atoms. The van der Waals surface area contributed by atoms with E-state index in [4.69, 9.17) is 0 Å². The van der Waals surface area contributed by atoms with Gasteiger partial charge in [-0.05, 0) is 61.3 Å². The highest BCUT2D eigenvalue weighted by molar-refractivity contribution is 5.44. The van der Waals surface area contributed by atoms with Crippen molar-refractivity contribution in [2.75, 3.05) is 0 Å². The summed E-state index contributed by atoms with van der Waals surface area (Å²) in [6.45, 7) is 9.52. The van der Waals surface area contributed by atoms with E-state index in [1.165, 1.54) is 43.3 Å². The number of hydrogen-bond acceptors (Lipinski definition) is 2. The molecule has 1 saturated carbocycles. The van der Waals surface area contributed by atoms with E-state index in [-0.39, 0.29) is 17.8 Å². The van der Waals surface area contributed by atoms with Crippen molar-refractivity contribution in [2.45, 2.75) is 72.8 Å². The molecule has 0 aliphatic heterocycles. The molecule has 0 saturated heterocycles. The fourth-order valence-electron chi connectivity index (χ4n) is 5.65. The fraction of sp³-hybridized carbons (Fsp3) is 0.636. The highest BCUT2D eigenvalue weighted by Crippen LogP contribution is 2.60. The Balaban J connectivity index is 2.00. The lowest BCUT2D eigenvalue weighted by molar-refractivity contribution is 0.0112. The van der Waals surface area contributed by atoms with E-state index in [9.17, 15) is 10.2 Å². The van der Waals surface area contributed by atoms with Gasteiger partial charge < -0.3 is 10.2 Å². The summed E-state index contributed by atoms with van der Waals surface area (Å²) in [5.74, 6) is 1.00. The molecule has 2 nitrogen and oxygen atoms in total.